The Kier molecular flexibility index (Phi) is 4.18. The van der Waals surface area contributed by atoms with E-state index < -0.39 is 11.8 Å². The summed E-state index contributed by atoms with van der Waals surface area (Å²) in [6.45, 7) is 1.65. The molecule has 2 aromatic carbocycles. The molecule has 0 fully saturated rings. The summed E-state index contributed by atoms with van der Waals surface area (Å²) in [6.07, 6.45) is 1.60. The third-order valence-electron chi connectivity index (χ3n) is 4.26. The average Bonchev–Trinajstić information content (AvgIpc) is 3.30. The molecule has 7 heteroatoms. The molecule has 7 nitrogen and oxygen atoms in total. The lowest BCUT2D eigenvalue weighted by Gasteiger charge is -2.07. The number of aromatic amines is 1. The van der Waals surface area contributed by atoms with Crippen LogP contribution < -0.4 is 10.9 Å². The quantitative estimate of drug-likeness (QED) is 0.488. The van der Waals surface area contributed by atoms with Crippen LogP contribution in [0.4, 0.5) is 0 Å². The van der Waals surface area contributed by atoms with E-state index in [-0.39, 0.29) is 5.56 Å². The van der Waals surface area contributed by atoms with Gasteiger partial charge < -0.3 is 9.51 Å². The van der Waals surface area contributed by atoms with Crippen molar-refractivity contribution in [2.24, 2.45) is 0 Å². The van der Waals surface area contributed by atoms with Gasteiger partial charge in [0.15, 0.2) is 0 Å². The van der Waals surface area contributed by atoms with E-state index in [1.54, 1.807) is 13.1 Å². The molecule has 0 radical (unpaired) electrons. The lowest BCUT2D eigenvalue weighted by atomic mass is 10.1. The molecule has 27 heavy (non-hydrogen) atoms. The fourth-order valence-electron chi connectivity index (χ4n) is 2.94. The van der Waals surface area contributed by atoms with Gasteiger partial charge in [0.25, 0.3) is 11.8 Å². The van der Waals surface area contributed by atoms with Gasteiger partial charge >= 0.3 is 0 Å². The highest BCUT2D eigenvalue weighted by Gasteiger charge is 2.22. The molecule has 0 saturated carbocycles. The molecule has 4 rings (SSSR count). The number of nitrogens with one attached hydrogen (secondary N) is 3. The maximum atomic E-state index is 12.6. The minimum Gasteiger partial charge on any atom is -0.360 e. The van der Waals surface area contributed by atoms with Crippen molar-refractivity contribution in [3.63, 3.8) is 0 Å². The number of carbonyl (C=O) groups excluding carboxylic acids is 2. The van der Waals surface area contributed by atoms with Crippen LogP contribution >= 0.6 is 0 Å². The fraction of sp³-hybridized carbons (Fsp3) is 0.0500. The Morgan fingerprint density at radius 3 is 2.48 bits per heavy atom. The first-order chi connectivity index (χ1) is 13.1. The number of carbonyl (C=O) groups is 2. The van der Waals surface area contributed by atoms with Crippen molar-refractivity contribution in [2.75, 3.05) is 0 Å². The van der Waals surface area contributed by atoms with Crippen LogP contribution in [0.2, 0.25) is 0 Å². The molecule has 0 aliphatic rings. The summed E-state index contributed by atoms with van der Waals surface area (Å²) in [7, 11) is 0. The lowest BCUT2D eigenvalue weighted by Crippen LogP contribution is -2.41. The summed E-state index contributed by atoms with van der Waals surface area (Å²) in [4.78, 5) is 28.1. The number of hydrazine groups is 1. The zero-order valence-electron chi connectivity index (χ0n) is 14.4. The molecule has 4 aromatic rings. The Morgan fingerprint density at radius 1 is 0.963 bits per heavy atom. The number of aromatic nitrogens is 2. The van der Waals surface area contributed by atoms with Gasteiger partial charge in [-0.3, -0.25) is 20.4 Å². The maximum Gasteiger partial charge on any atom is 0.275 e. The van der Waals surface area contributed by atoms with Gasteiger partial charge in [-0.1, -0.05) is 53.7 Å². The molecule has 0 aliphatic heterocycles. The summed E-state index contributed by atoms with van der Waals surface area (Å²) < 4.78 is 5.18. The summed E-state index contributed by atoms with van der Waals surface area (Å²) in [6, 6.07) is 16.7. The van der Waals surface area contributed by atoms with Crippen LogP contribution in [-0.2, 0) is 0 Å². The summed E-state index contributed by atoms with van der Waals surface area (Å²) >= 11 is 0. The zero-order chi connectivity index (χ0) is 18.8. The Hall–Kier alpha value is -3.87. The first-order valence-electron chi connectivity index (χ1n) is 8.33. The van der Waals surface area contributed by atoms with Crippen LogP contribution in [0.25, 0.3) is 22.2 Å². The molecule has 3 N–H and O–H groups in total. The van der Waals surface area contributed by atoms with Crippen molar-refractivity contribution in [3.05, 3.63) is 77.7 Å². The zero-order valence-corrected chi connectivity index (χ0v) is 14.4. The number of hydrogen-bond donors (Lipinski definition) is 3. The van der Waals surface area contributed by atoms with Gasteiger partial charge in [0.05, 0.1) is 5.56 Å². The highest BCUT2D eigenvalue weighted by Crippen LogP contribution is 2.24. The van der Waals surface area contributed by atoms with Crippen molar-refractivity contribution in [2.45, 2.75) is 6.92 Å². The van der Waals surface area contributed by atoms with E-state index in [4.69, 9.17) is 4.52 Å². The molecule has 2 heterocycles. The summed E-state index contributed by atoms with van der Waals surface area (Å²) in [5.41, 5.74) is 7.62. The molecule has 0 unspecified atom stereocenters. The van der Waals surface area contributed by atoms with E-state index in [0.29, 0.717) is 17.0 Å². The largest absolute Gasteiger partial charge is 0.360 e. The van der Waals surface area contributed by atoms with Crippen LogP contribution in [-0.4, -0.2) is 22.0 Å². The highest BCUT2D eigenvalue weighted by molar-refractivity contribution is 6.08. The van der Waals surface area contributed by atoms with Gasteiger partial charge in [-0.2, -0.15) is 0 Å². The fourth-order valence-corrected chi connectivity index (χ4v) is 2.94. The van der Waals surface area contributed by atoms with E-state index in [0.717, 1.165) is 16.5 Å². The van der Waals surface area contributed by atoms with Gasteiger partial charge in [0, 0.05) is 22.7 Å². The van der Waals surface area contributed by atoms with E-state index >= 15 is 0 Å². The molecule has 0 aliphatic carbocycles. The number of fused-ring (bicyclic) bond motifs is 1. The highest BCUT2D eigenvalue weighted by atomic mass is 16.5. The van der Waals surface area contributed by atoms with Gasteiger partial charge in [-0.05, 0) is 13.0 Å². The molecular formula is C20H16N4O3. The topological polar surface area (TPSA) is 100 Å². The molecule has 0 bridgehead atoms. The van der Waals surface area contributed by atoms with Crippen LogP contribution in [0.15, 0.2) is 65.3 Å². The first-order valence-corrected chi connectivity index (χ1v) is 8.33. The van der Waals surface area contributed by atoms with Crippen LogP contribution in [0.3, 0.4) is 0 Å². The Bertz CT molecular complexity index is 1130. The third kappa shape index (κ3) is 3.06. The van der Waals surface area contributed by atoms with E-state index in [1.807, 2.05) is 54.6 Å². The molecule has 0 atom stereocenters. The second kappa shape index (κ2) is 6.80. The minimum absolute atomic E-state index is 0.278. The number of H-pyrrole nitrogens is 1. The number of aryl methyl sites for hydroxylation is 1. The van der Waals surface area contributed by atoms with Crippen LogP contribution in [0, 0.1) is 6.92 Å². The van der Waals surface area contributed by atoms with Crippen molar-refractivity contribution in [1.29, 1.82) is 0 Å². The Morgan fingerprint density at radius 2 is 1.67 bits per heavy atom. The van der Waals surface area contributed by atoms with Crippen molar-refractivity contribution in [1.82, 2.24) is 21.0 Å². The molecule has 0 saturated heterocycles. The maximum absolute atomic E-state index is 12.6. The van der Waals surface area contributed by atoms with Crippen LogP contribution in [0.5, 0.6) is 0 Å². The predicted octanol–water partition coefficient (Wildman–Crippen LogP) is 3.21. The molecule has 134 valence electrons. The average molecular weight is 360 g/mol. The van der Waals surface area contributed by atoms with Gasteiger partial charge in [0.1, 0.15) is 17.0 Å². The number of amides is 2. The first kappa shape index (κ1) is 16.6. The standard InChI is InChI=1S/C20H16N4O3/c1-12-17(18(24-27-12)13-7-3-2-4-8-13)20(26)23-22-19(25)15-11-21-16-10-6-5-9-14(15)16/h2-11,21H,1H3,(H,22,25)(H,23,26). The molecule has 2 aromatic heterocycles. The summed E-state index contributed by atoms with van der Waals surface area (Å²) in [5, 5.41) is 4.74. The van der Waals surface area contributed by atoms with Crippen molar-refractivity contribution < 1.29 is 14.1 Å². The van der Waals surface area contributed by atoms with Crippen molar-refractivity contribution in [3.8, 4) is 11.3 Å². The van der Waals surface area contributed by atoms with Gasteiger partial charge in [-0.25, -0.2) is 0 Å². The molecular weight excluding hydrogens is 344 g/mol. The minimum atomic E-state index is -0.499. The Labute approximate surface area is 154 Å². The Balaban J connectivity index is 1.54. The summed E-state index contributed by atoms with van der Waals surface area (Å²) in [5.74, 6) is -0.551. The van der Waals surface area contributed by atoms with Gasteiger partial charge in [-0.15, -0.1) is 0 Å². The van der Waals surface area contributed by atoms with Gasteiger partial charge in [0.2, 0.25) is 0 Å². The third-order valence-corrected chi connectivity index (χ3v) is 4.26. The number of benzene rings is 2. The molecule has 2 amide bonds. The smallest absolute Gasteiger partial charge is 0.275 e. The van der Waals surface area contributed by atoms with E-state index in [9.17, 15) is 9.59 Å². The van der Waals surface area contributed by atoms with Crippen LogP contribution in [0.1, 0.15) is 26.5 Å². The number of nitrogens with zero attached hydrogens (tertiary/aromatic N) is 1. The molecule has 0 spiro atoms. The SMILES string of the molecule is Cc1onc(-c2ccccc2)c1C(=O)NNC(=O)c1c[nH]c2ccccc12. The second-order valence-corrected chi connectivity index (χ2v) is 5.98. The van der Waals surface area contributed by atoms with E-state index in [2.05, 4.69) is 21.0 Å². The number of rotatable bonds is 3. The van der Waals surface area contributed by atoms with E-state index in [1.165, 1.54) is 0 Å². The predicted molar refractivity (Wildman–Crippen MR) is 99.9 cm³/mol. The second-order valence-electron chi connectivity index (χ2n) is 5.98. The van der Waals surface area contributed by atoms with Crippen molar-refractivity contribution >= 4 is 22.7 Å². The number of para-hydroxylation sites is 1. The normalized spacial score (nSPS) is 10.7. The number of hydrogen-bond acceptors (Lipinski definition) is 4. The monoisotopic (exact) mass is 360 g/mol. The lowest BCUT2D eigenvalue weighted by molar-refractivity contribution is 0.0847.